The molecule has 1 aliphatic heterocycles. The first kappa shape index (κ1) is 21.1. The largest absolute Gasteiger partial charge is 0.482 e. The van der Waals surface area contributed by atoms with Crippen molar-refractivity contribution in [3.63, 3.8) is 0 Å². The van der Waals surface area contributed by atoms with Crippen LogP contribution < -0.4 is 14.9 Å². The summed E-state index contributed by atoms with van der Waals surface area (Å²) in [6.07, 6.45) is 3.16. The van der Waals surface area contributed by atoms with Gasteiger partial charge in [-0.3, -0.25) is 4.79 Å². The fourth-order valence-electron chi connectivity index (χ4n) is 3.30. The van der Waals surface area contributed by atoms with Crippen LogP contribution in [0.1, 0.15) is 38.7 Å². The molecule has 2 aromatic carbocycles. The highest BCUT2D eigenvalue weighted by molar-refractivity contribution is 7.07. The lowest BCUT2D eigenvalue weighted by molar-refractivity contribution is -0.118. The number of amides is 1. The van der Waals surface area contributed by atoms with E-state index in [2.05, 4.69) is 43.6 Å². The molecular weight excluding hydrogens is 408 g/mol. The molecule has 0 unspecified atom stereocenters. The van der Waals surface area contributed by atoms with E-state index < -0.39 is 0 Å². The quantitative estimate of drug-likeness (QED) is 0.520. The normalized spacial score (nSPS) is 14.2. The molecule has 0 fully saturated rings. The van der Waals surface area contributed by atoms with Crippen LogP contribution in [0.5, 0.6) is 5.75 Å². The summed E-state index contributed by atoms with van der Waals surface area (Å²) in [4.78, 5) is 17.4. The SMILES string of the molecule is CCCCC(C)=Nn1c(-c2ccc3c(c2)NC(=O)CO3)csc1=Nc1ccc(C)cc1. The minimum absolute atomic E-state index is 0.0469. The highest BCUT2D eigenvalue weighted by Gasteiger charge is 2.18. The predicted molar refractivity (Wildman–Crippen MR) is 126 cm³/mol. The van der Waals surface area contributed by atoms with Crippen molar-refractivity contribution in [2.45, 2.75) is 40.0 Å². The van der Waals surface area contributed by atoms with Gasteiger partial charge in [0.1, 0.15) is 5.75 Å². The number of nitrogens with one attached hydrogen (secondary N) is 1. The summed E-state index contributed by atoms with van der Waals surface area (Å²) in [5.41, 5.74) is 5.69. The molecule has 31 heavy (non-hydrogen) atoms. The van der Waals surface area contributed by atoms with Crippen LogP contribution in [0.25, 0.3) is 11.3 Å². The van der Waals surface area contributed by atoms with Gasteiger partial charge in [0.25, 0.3) is 5.91 Å². The first-order valence-electron chi connectivity index (χ1n) is 10.5. The molecule has 1 amide bonds. The number of aryl methyl sites for hydroxylation is 1. The van der Waals surface area contributed by atoms with Gasteiger partial charge in [-0.05, 0) is 57.0 Å². The van der Waals surface area contributed by atoms with Gasteiger partial charge in [-0.2, -0.15) is 5.10 Å². The number of hydrogen-bond donors (Lipinski definition) is 1. The summed E-state index contributed by atoms with van der Waals surface area (Å²) in [7, 11) is 0. The number of carbonyl (C=O) groups excluding carboxylic acids is 1. The van der Waals surface area contributed by atoms with Crippen LogP contribution in [0, 0.1) is 6.92 Å². The van der Waals surface area contributed by atoms with Crippen LogP contribution in [-0.4, -0.2) is 22.9 Å². The third-order valence-electron chi connectivity index (χ3n) is 5.02. The van der Waals surface area contributed by atoms with Crippen molar-refractivity contribution < 1.29 is 9.53 Å². The number of rotatable bonds is 6. The van der Waals surface area contributed by atoms with E-state index in [0.29, 0.717) is 11.4 Å². The van der Waals surface area contributed by atoms with Gasteiger partial charge < -0.3 is 10.1 Å². The van der Waals surface area contributed by atoms with E-state index in [9.17, 15) is 4.79 Å². The van der Waals surface area contributed by atoms with Gasteiger partial charge >= 0.3 is 0 Å². The zero-order valence-electron chi connectivity index (χ0n) is 18.0. The standard InChI is InChI=1S/C24H26N4O2S/c1-4-5-6-17(3)27-28-21(15-31-24(28)25-19-10-7-16(2)8-11-19)18-9-12-22-20(13-18)26-23(29)14-30-22/h7-13,15H,4-6,14H2,1-3H3,(H,26,29). The molecule has 0 bridgehead atoms. The molecule has 0 saturated heterocycles. The Hall–Kier alpha value is -3.19. The van der Waals surface area contributed by atoms with Gasteiger partial charge in [-0.15, -0.1) is 11.3 Å². The summed E-state index contributed by atoms with van der Waals surface area (Å²) in [5, 5.41) is 9.84. The molecule has 4 rings (SSSR count). The number of hydrogen-bond acceptors (Lipinski definition) is 5. The van der Waals surface area contributed by atoms with Crippen LogP contribution in [0.15, 0.2) is 57.9 Å². The molecule has 0 atom stereocenters. The number of benzene rings is 2. The van der Waals surface area contributed by atoms with Crippen LogP contribution in [0.3, 0.4) is 0 Å². The van der Waals surface area contributed by atoms with Gasteiger partial charge in [-0.25, -0.2) is 9.67 Å². The third-order valence-corrected chi connectivity index (χ3v) is 5.83. The minimum Gasteiger partial charge on any atom is -0.482 e. The number of anilines is 1. The Bertz CT molecular complexity index is 1190. The molecule has 0 saturated carbocycles. The third kappa shape index (κ3) is 4.94. The van der Waals surface area contributed by atoms with Crippen molar-refractivity contribution >= 4 is 34.3 Å². The lowest BCUT2D eigenvalue weighted by atomic mass is 10.1. The van der Waals surface area contributed by atoms with Gasteiger partial charge in [0.2, 0.25) is 4.80 Å². The monoisotopic (exact) mass is 434 g/mol. The molecule has 0 spiro atoms. The number of ether oxygens (including phenoxy) is 1. The number of aromatic nitrogens is 1. The molecule has 160 valence electrons. The van der Waals surface area contributed by atoms with Crippen LogP contribution in [-0.2, 0) is 4.79 Å². The van der Waals surface area contributed by atoms with E-state index in [0.717, 1.165) is 46.7 Å². The average molecular weight is 435 g/mol. The Balaban J connectivity index is 1.81. The van der Waals surface area contributed by atoms with E-state index in [4.69, 9.17) is 14.8 Å². The van der Waals surface area contributed by atoms with E-state index in [1.165, 1.54) is 5.56 Å². The van der Waals surface area contributed by atoms with Gasteiger partial charge in [0, 0.05) is 16.7 Å². The molecule has 1 aromatic heterocycles. The lowest BCUT2D eigenvalue weighted by Crippen LogP contribution is -2.25. The Morgan fingerprint density at radius 1 is 1.23 bits per heavy atom. The second-order valence-electron chi connectivity index (χ2n) is 7.65. The van der Waals surface area contributed by atoms with Crippen LogP contribution in [0.4, 0.5) is 11.4 Å². The van der Waals surface area contributed by atoms with Crippen LogP contribution >= 0.6 is 11.3 Å². The summed E-state index contributed by atoms with van der Waals surface area (Å²) in [6, 6.07) is 13.9. The molecule has 7 heteroatoms. The van der Waals surface area contributed by atoms with E-state index in [-0.39, 0.29) is 12.5 Å². The zero-order chi connectivity index (χ0) is 21.8. The Morgan fingerprint density at radius 3 is 2.81 bits per heavy atom. The molecule has 6 nitrogen and oxygen atoms in total. The number of fused-ring (bicyclic) bond motifs is 1. The van der Waals surface area contributed by atoms with Gasteiger partial charge in [0.15, 0.2) is 6.61 Å². The topological polar surface area (TPSA) is 68.0 Å². The number of unbranched alkanes of at least 4 members (excludes halogenated alkanes) is 1. The van der Waals surface area contributed by atoms with Crippen molar-refractivity contribution in [2.24, 2.45) is 10.1 Å². The van der Waals surface area contributed by atoms with Crippen LogP contribution in [0.2, 0.25) is 0 Å². The van der Waals surface area contributed by atoms with Gasteiger partial charge in [-0.1, -0.05) is 31.0 Å². The molecule has 1 N–H and O–H groups in total. The fourth-order valence-corrected chi connectivity index (χ4v) is 4.15. The first-order valence-corrected chi connectivity index (χ1v) is 11.3. The molecule has 0 radical (unpaired) electrons. The van der Waals surface area contributed by atoms with Gasteiger partial charge in [0.05, 0.1) is 17.1 Å². The van der Waals surface area contributed by atoms with E-state index >= 15 is 0 Å². The van der Waals surface area contributed by atoms with Crippen molar-refractivity contribution in [2.75, 3.05) is 11.9 Å². The van der Waals surface area contributed by atoms with E-state index in [1.54, 1.807) is 11.3 Å². The maximum atomic E-state index is 11.7. The number of nitrogens with zero attached hydrogens (tertiary/aromatic N) is 3. The summed E-state index contributed by atoms with van der Waals surface area (Å²) >= 11 is 1.54. The predicted octanol–water partition coefficient (Wildman–Crippen LogP) is 5.50. The summed E-state index contributed by atoms with van der Waals surface area (Å²) in [6.45, 7) is 6.34. The Labute approximate surface area is 185 Å². The second-order valence-corrected chi connectivity index (χ2v) is 8.49. The average Bonchev–Trinajstić information content (AvgIpc) is 3.15. The second kappa shape index (κ2) is 9.31. The van der Waals surface area contributed by atoms with E-state index in [1.807, 2.05) is 35.0 Å². The molecule has 1 aliphatic rings. The molecule has 0 aliphatic carbocycles. The van der Waals surface area contributed by atoms with Crippen molar-refractivity contribution in [3.05, 3.63) is 58.2 Å². The lowest BCUT2D eigenvalue weighted by Gasteiger charge is -2.18. The number of carbonyl (C=O) groups is 1. The van der Waals surface area contributed by atoms with Crippen molar-refractivity contribution in [3.8, 4) is 17.0 Å². The number of thiazole rings is 1. The maximum Gasteiger partial charge on any atom is 0.262 e. The van der Waals surface area contributed by atoms with Crippen molar-refractivity contribution in [1.29, 1.82) is 0 Å². The Kier molecular flexibility index (Phi) is 6.32. The smallest absolute Gasteiger partial charge is 0.262 e. The highest BCUT2D eigenvalue weighted by atomic mass is 32.1. The van der Waals surface area contributed by atoms with Crippen molar-refractivity contribution in [1.82, 2.24) is 4.68 Å². The molecular formula is C24H26N4O2S. The summed E-state index contributed by atoms with van der Waals surface area (Å²) in [5.74, 6) is 0.531. The fraction of sp³-hybridized carbons (Fsp3) is 0.292. The molecule has 2 heterocycles. The highest BCUT2D eigenvalue weighted by Crippen LogP contribution is 2.33. The molecule has 3 aromatic rings. The zero-order valence-corrected chi connectivity index (χ0v) is 18.8. The maximum absolute atomic E-state index is 11.7. The Morgan fingerprint density at radius 2 is 2.03 bits per heavy atom. The first-order chi connectivity index (χ1) is 15.0. The summed E-state index contributed by atoms with van der Waals surface area (Å²) < 4.78 is 7.40. The minimum atomic E-state index is -0.147.